The van der Waals surface area contributed by atoms with Gasteiger partial charge in [-0.1, -0.05) is 27.7 Å². The molecule has 1 aliphatic carbocycles. The molecule has 1 saturated heterocycles. The second kappa shape index (κ2) is 6.11. The Bertz CT molecular complexity index is 559. The molecule has 2 fully saturated rings. The Balaban J connectivity index is 1.64. The molecule has 23 heavy (non-hydrogen) atoms. The first-order valence-corrected chi connectivity index (χ1v) is 8.50. The van der Waals surface area contributed by atoms with Crippen molar-refractivity contribution in [2.24, 2.45) is 17.3 Å². The van der Waals surface area contributed by atoms with Gasteiger partial charge >= 0.3 is 6.03 Å². The van der Waals surface area contributed by atoms with Gasteiger partial charge in [-0.2, -0.15) is 0 Å². The van der Waals surface area contributed by atoms with Gasteiger partial charge in [0, 0.05) is 36.4 Å². The Morgan fingerprint density at radius 1 is 1.35 bits per heavy atom. The number of hydrogen-bond donors (Lipinski definition) is 2. The molecule has 0 bridgehead atoms. The minimum absolute atomic E-state index is 0.00248. The molecule has 2 amide bonds. The van der Waals surface area contributed by atoms with Gasteiger partial charge in [-0.15, -0.1) is 0 Å². The minimum atomic E-state index is -0.0936. The Morgan fingerprint density at radius 2 is 2.04 bits per heavy atom. The van der Waals surface area contributed by atoms with Crippen molar-refractivity contribution in [1.29, 1.82) is 0 Å². The third-order valence-corrected chi connectivity index (χ3v) is 5.41. The van der Waals surface area contributed by atoms with Crippen molar-refractivity contribution < 1.29 is 9.53 Å². The number of hydrogen-bond acceptors (Lipinski definition) is 3. The number of nitrogens with one attached hydrogen (secondary N) is 2. The largest absolute Gasteiger partial charge is 0.377 e. The quantitative estimate of drug-likeness (QED) is 0.897. The number of nitrogens with zero attached hydrogens (tertiary/aromatic N) is 1. The number of amides is 2. The standard InChI is InChI=1S/C18H27N3O2/c1-11(2)14(12-5-8-19-9-6-12)20-17(22)21-15-13-7-10-23-16(13)18(15,3)4/h5-6,8-9,11,13-16H,7,10H2,1-4H3,(H2,20,21,22)/t13-,14+,15-,16-/m1/s1. The van der Waals surface area contributed by atoms with Gasteiger partial charge in [0.15, 0.2) is 0 Å². The average Bonchev–Trinajstić information content (AvgIpc) is 2.98. The van der Waals surface area contributed by atoms with Crippen LogP contribution < -0.4 is 10.6 Å². The van der Waals surface area contributed by atoms with E-state index in [9.17, 15) is 4.79 Å². The number of rotatable bonds is 4. The van der Waals surface area contributed by atoms with Gasteiger partial charge in [0.25, 0.3) is 0 Å². The molecule has 0 aromatic carbocycles. The van der Waals surface area contributed by atoms with E-state index in [-0.39, 0.29) is 29.6 Å². The molecular formula is C18H27N3O2. The summed E-state index contributed by atoms with van der Waals surface area (Å²) in [6.45, 7) is 9.38. The maximum absolute atomic E-state index is 12.5. The molecule has 1 aromatic rings. The summed E-state index contributed by atoms with van der Waals surface area (Å²) < 4.78 is 5.79. The van der Waals surface area contributed by atoms with E-state index in [1.807, 2.05) is 12.1 Å². The molecule has 5 heteroatoms. The molecular weight excluding hydrogens is 290 g/mol. The van der Waals surface area contributed by atoms with Crippen molar-refractivity contribution in [3.8, 4) is 0 Å². The molecule has 0 unspecified atom stereocenters. The highest BCUT2D eigenvalue weighted by Crippen LogP contribution is 2.52. The molecule has 2 heterocycles. The summed E-state index contributed by atoms with van der Waals surface area (Å²) in [4.78, 5) is 16.6. The summed E-state index contributed by atoms with van der Waals surface area (Å²) in [5, 5.41) is 6.32. The Hall–Kier alpha value is -1.62. The number of carbonyl (C=O) groups excluding carboxylic acids is 1. The Morgan fingerprint density at radius 3 is 2.70 bits per heavy atom. The molecule has 1 saturated carbocycles. The molecule has 2 aliphatic rings. The van der Waals surface area contributed by atoms with Crippen LogP contribution in [-0.4, -0.2) is 29.8 Å². The number of fused-ring (bicyclic) bond motifs is 1. The predicted octanol–water partition coefficient (Wildman–Crippen LogP) is 2.89. The van der Waals surface area contributed by atoms with Crippen molar-refractivity contribution in [3.63, 3.8) is 0 Å². The van der Waals surface area contributed by atoms with Gasteiger partial charge in [0.2, 0.25) is 0 Å². The van der Waals surface area contributed by atoms with Crippen LogP contribution in [-0.2, 0) is 4.74 Å². The van der Waals surface area contributed by atoms with Gasteiger partial charge in [0.1, 0.15) is 0 Å². The molecule has 1 aliphatic heterocycles. The van der Waals surface area contributed by atoms with Crippen LogP contribution in [0.1, 0.15) is 45.7 Å². The van der Waals surface area contributed by atoms with Crippen molar-refractivity contribution in [2.45, 2.75) is 52.3 Å². The van der Waals surface area contributed by atoms with Crippen LogP contribution in [0.25, 0.3) is 0 Å². The fourth-order valence-corrected chi connectivity index (χ4v) is 4.15. The van der Waals surface area contributed by atoms with E-state index in [1.165, 1.54) is 0 Å². The highest BCUT2D eigenvalue weighted by atomic mass is 16.5. The number of urea groups is 1. The molecule has 126 valence electrons. The highest BCUT2D eigenvalue weighted by Gasteiger charge is 2.59. The van der Waals surface area contributed by atoms with E-state index in [4.69, 9.17) is 4.74 Å². The lowest BCUT2D eigenvalue weighted by atomic mass is 9.57. The SMILES string of the molecule is CC(C)[C@H](NC(=O)N[C@@H]1[C@H]2CCO[C@H]2C1(C)C)c1ccncc1. The van der Waals surface area contributed by atoms with E-state index in [2.05, 4.69) is 43.3 Å². The van der Waals surface area contributed by atoms with Crippen molar-refractivity contribution in [1.82, 2.24) is 15.6 Å². The second-order valence-electron chi connectivity index (χ2n) is 7.66. The van der Waals surface area contributed by atoms with Crippen molar-refractivity contribution in [3.05, 3.63) is 30.1 Å². The van der Waals surface area contributed by atoms with Gasteiger partial charge in [0.05, 0.1) is 12.1 Å². The topological polar surface area (TPSA) is 63.2 Å². The molecule has 3 rings (SSSR count). The van der Waals surface area contributed by atoms with Crippen LogP contribution in [0.5, 0.6) is 0 Å². The summed E-state index contributed by atoms with van der Waals surface area (Å²) in [5.41, 5.74) is 1.09. The van der Waals surface area contributed by atoms with Crippen LogP contribution in [0.3, 0.4) is 0 Å². The van der Waals surface area contributed by atoms with Gasteiger partial charge in [-0.05, 0) is 30.0 Å². The third kappa shape index (κ3) is 2.94. The van der Waals surface area contributed by atoms with E-state index < -0.39 is 0 Å². The summed E-state index contributed by atoms with van der Waals surface area (Å²) in [6.07, 6.45) is 4.85. The van der Waals surface area contributed by atoms with Crippen LogP contribution in [0.4, 0.5) is 4.79 Å². The van der Waals surface area contributed by atoms with E-state index in [0.717, 1.165) is 18.6 Å². The van der Waals surface area contributed by atoms with E-state index >= 15 is 0 Å². The van der Waals surface area contributed by atoms with Crippen molar-refractivity contribution >= 4 is 6.03 Å². The number of carbonyl (C=O) groups is 1. The number of aromatic nitrogens is 1. The summed E-state index contributed by atoms with van der Waals surface area (Å²) in [5.74, 6) is 0.759. The van der Waals surface area contributed by atoms with Crippen LogP contribution in [0, 0.1) is 17.3 Å². The maximum atomic E-state index is 12.5. The van der Waals surface area contributed by atoms with E-state index in [0.29, 0.717) is 11.8 Å². The van der Waals surface area contributed by atoms with Gasteiger partial charge in [-0.3, -0.25) is 4.98 Å². The lowest BCUT2D eigenvalue weighted by Crippen LogP contribution is -2.67. The van der Waals surface area contributed by atoms with E-state index in [1.54, 1.807) is 12.4 Å². The number of ether oxygens (including phenoxy) is 1. The first-order chi connectivity index (χ1) is 10.9. The normalized spacial score (nSPS) is 29.5. The lowest BCUT2D eigenvalue weighted by molar-refractivity contribution is -0.108. The van der Waals surface area contributed by atoms with Gasteiger partial charge < -0.3 is 15.4 Å². The van der Waals surface area contributed by atoms with Gasteiger partial charge in [-0.25, -0.2) is 4.79 Å². The zero-order valence-electron chi connectivity index (χ0n) is 14.4. The second-order valence-corrected chi connectivity index (χ2v) is 7.66. The maximum Gasteiger partial charge on any atom is 0.315 e. The fraction of sp³-hybridized carbons (Fsp3) is 0.667. The van der Waals surface area contributed by atoms with Crippen molar-refractivity contribution in [2.75, 3.05) is 6.61 Å². The Labute approximate surface area is 138 Å². The third-order valence-electron chi connectivity index (χ3n) is 5.41. The zero-order valence-corrected chi connectivity index (χ0v) is 14.4. The average molecular weight is 317 g/mol. The summed E-state index contributed by atoms with van der Waals surface area (Å²) in [6, 6.07) is 3.99. The Kier molecular flexibility index (Phi) is 4.32. The zero-order chi connectivity index (χ0) is 16.6. The molecule has 0 spiro atoms. The molecule has 1 aromatic heterocycles. The molecule has 0 radical (unpaired) electrons. The minimum Gasteiger partial charge on any atom is -0.377 e. The fourth-order valence-electron chi connectivity index (χ4n) is 4.15. The molecule has 5 nitrogen and oxygen atoms in total. The lowest BCUT2D eigenvalue weighted by Gasteiger charge is -2.54. The molecule has 4 atom stereocenters. The smallest absolute Gasteiger partial charge is 0.315 e. The summed E-state index contributed by atoms with van der Waals surface area (Å²) >= 11 is 0. The van der Waals surface area contributed by atoms with Crippen LogP contribution in [0.2, 0.25) is 0 Å². The molecule has 2 N–H and O–H groups in total. The van der Waals surface area contributed by atoms with Crippen LogP contribution in [0.15, 0.2) is 24.5 Å². The highest BCUT2D eigenvalue weighted by molar-refractivity contribution is 5.75. The first-order valence-electron chi connectivity index (χ1n) is 8.50. The first kappa shape index (κ1) is 16.2. The number of pyridine rings is 1. The summed E-state index contributed by atoms with van der Waals surface area (Å²) in [7, 11) is 0. The monoisotopic (exact) mass is 317 g/mol. The van der Waals surface area contributed by atoms with Crippen LogP contribution >= 0.6 is 0 Å². The predicted molar refractivity (Wildman–Crippen MR) is 88.9 cm³/mol.